The number of hydrogen-bond donors (Lipinski definition) is 1. The molecule has 0 saturated carbocycles. The molecule has 0 unspecified atom stereocenters. The summed E-state index contributed by atoms with van der Waals surface area (Å²) in [6.45, 7) is 0. The zero-order valence-corrected chi connectivity index (χ0v) is 18.5. The van der Waals surface area contributed by atoms with Crippen LogP contribution in [0.4, 0.5) is 5.69 Å². The molecule has 4 aromatic carbocycles. The van der Waals surface area contributed by atoms with E-state index in [1.165, 1.54) is 27.5 Å². The standard InChI is InChI=1S/C30H25NO2/c1-33-23-14-11-21(12-15-23)30-29-25(17-22(18-27(29)32)19-7-3-2-4-8-19)28-24-10-6-5-9-20(24)13-16-26(28)31-30/h2-16,22,30-31H,17-18H2,1H3/t22-,30+/m0/s1. The Balaban J connectivity index is 1.56. The average molecular weight is 432 g/mol. The second-order valence-electron chi connectivity index (χ2n) is 8.89. The minimum atomic E-state index is -0.163. The summed E-state index contributed by atoms with van der Waals surface area (Å²) in [4.78, 5) is 13.7. The zero-order valence-electron chi connectivity index (χ0n) is 18.5. The monoisotopic (exact) mass is 431 g/mol. The number of methoxy groups -OCH3 is 1. The van der Waals surface area contributed by atoms with E-state index in [9.17, 15) is 4.79 Å². The molecule has 0 spiro atoms. The number of benzene rings is 4. The number of carbonyl (C=O) groups excluding carboxylic acids is 1. The fraction of sp³-hybridized carbons (Fsp3) is 0.167. The van der Waals surface area contributed by atoms with Gasteiger partial charge in [0.15, 0.2) is 5.78 Å². The van der Waals surface area contributed by atoms with Crippen molar-refractivity contribution in [3.63, 3.8) is 0 Å². The number of nitrogens with one attached hydrogen (secondary N) is 1. The summed E-state index contributed by atoms with van der Waals surface area (Å²) in [5.41, 5.74) is 6.69. The third-order valence-corrected chi connectivity index (χ3v) is 7.05. The van der Waals surface area contributed by atoms with Crippen LogP contribution in [0.3, 0.4) is 0 Å². The highest BCUT2D eigenvalue weighted by Crippen LogP contribution is 2.51. The number of ketones is 1. The van der Waals surface area contributed by atoms with Crippen molar-refractivity contribution in [1.82, 2.24) is 0 Å². The van der Waals surface area contributed by atoms with Gasteiger partial charge in [-0.1, -0.05) is 72.8 Å². The van der Waals surface area contributed by atoms with Crippen molar-refractivity contribution >= 4 is 27.8 Å². The van der Waals surface area contributed by atoms with Crippen LogP contribution in [0.15, 0.2) is 96.6 Å². The van der Waals surface area contributed by atoms with Crippen molar-refractivity contribution in [2.45, 2.75) is 24.8 Å². The van der Waals surface area contributed by atoms with Crippen molar-refractivity contribution in [2.75, 3.05) is 12.4 Å². The summed E-state index contributed by atoms with van der Waals surface area (Å²) in [6, 6.07) is 31.1. The number of allylic oxidation sites excluding steroid dienone is 1. The molecular formula is C30H25NO2. The molecule has 1 aliphatic heterocycles. The molecule has 1 aliphatic carbocycles. The molecule has 3 heteroatoms. The molecule has 1 N–H and O–H groups in total. The van der Waals surface area contributed by atoms with Gasteiger partial charge in [-0.3, -0.25) is 4.79 Å². The summed E-state index contributed by atoms with van der Waals surface area (Å²) >= 11 is 0. The number of ether oxygens (including phenoxy) is 1. The normalized spacial score (nSPS) is 19.6. The van der Waals surface area contributed by atoms with Gasteiger partial charge in [-0.2, -0.15) is 0 Å². The molecule has 0 bridgehead atoms. The van der Waals surface area contributed by atoms with E-state index in [0.717, 1.165) is 29.0 Å². The molecule has 0 fully saturated rings. The molecule has 2 aliphatic rings. The van der Waals surface area contributed by atoms with Gasteiger partial charge in [0.1, 0.15) is 5.75 Å². The van der Waals surface area contributed by atoms with Crippen LogP contribution in [0.2, 0.25) is 0 Å². The van der Waals surface area contributed by atoms with Gasteiger partial charge in [-0.25, -0.2) is 0 Å². The molecule has 0 saturated heterocycles. The van der Waals surface area contributed by atoms with Crippen LogP contribution in [-0.4, -0.2) is 12.9 Å². The summed E-state index contributed by atoms with van der Waals surface area (Å²) in [7, 11) is 1.67. The van der Waals surface area contributed by atoms with Crippen LogP contribution in [0.1, 0.15) is 41.5 Å². The summed E-state index contributed by atoms with van der Waals surface area (Å²) < 4.78 is 5.35. The lowest BCUT2D eigenvalue weighted by molar-refractivity contribution is -0.116. The molecule has 4 aromatic rings. The second-order valence-corrected chi connectivity index (χ2v) is 8.89. The number of hydrogen-bond acceptors (Lipinski definition) is 3. The molecular weight excluding hydrogens is 406 g/mol. The molecule has 2 atom stereocenters. The Morgan fingerprint density at radius 2 is 1.55 bits per heavy atom. The first-order valence-electron chi connectivity index (χ1n) is 11.5. The molecule has 1 heterocycles. The van der Waals surface area contributed by atoms with Crippen molar-refractivity contribution in [2.24, 2.45) is 0 Å². The third-order valence-electron chi connectivity index (χ3n) is 7.05. The first-order chi connectivity index (χ1) is 16.2. The van der Waals surface area contributed by atoms with Crippen LogP contribution >= 0.6 is 0 Å². The predicted octanol–water partition coefficient (Wildman–Crippen LogP) is 6.92. The molecule has 162 valence electrons. The van der Waals surface area contributed by atoms with E-state index < -0.39 is 0 Å². The van der Waals surface area contributed by atoms with Gasteiger partial charge in [0, 0.05) is 23.2 Å². The maximum Gasteiger partial charge on any atom is 0.162 e. The van der Waals surface area contributed by atoms with Gasteiger partial charge in [-0.05, 0) is 58.0 Å². The van der Waals surface area contributed by atoms with Crippen LogP contribution in [-0.2, 0) is 4.79 Å². The minimum Gasteiger partial charge on any atom is -0.497 e. The van der Waals surface area contributed by atoms with E-state index >= 15 is 0 Å². The Bertz CT molecular complexity index is 1390. The van der Waals surface area contributed by atoms with E-state index in [1.807, 2.05) is 18.2 Å². The van der Waals surface area contributed by atoms with E-state index in [1.54, 1.807) is 7.11 Å². The van der Waals surface area contributed by atoms with Crippen LogP contribution in [0.25, 0.3) is 16.3 Å². The van der Waals surface area contributed by atoms with E-state index in [-0.39, 0.29) is 17.7 Å². The molecule has 0 aromatic heterocycles. The smallest absolute Gasteiger partial charge is 0.162 e. The lowest BCUT2D eigenvalue weighted by Crippen LogP contribution is -2.29. The first kappa shape index (κ1) is 19.8. The van der Waals surface area contributed by atoms with Gasteiger partial charge in [0.05, 0.1) is 13.2 Å². The van der Waals surface area contributed by atoms with Gasteiger partial charge in [0.2, 0.25) is 0 Å². The maximum absolute atomic E-state index is 13.7. The van der Waals surface area contributed by atoms with Crippen LogP contribution in [0, 0.1) is 0 Å². The zero-order chi connectivity index (χ0) is 22.4. The minimum absolute atomic E-state index is 0.163. The Kier molecular flexibility index (Phi) is 4.76. The average Bonchev–Trinajstić information content (AvgIpc) is 2.88. The fourth-order valence-corrected chi connectivity index (χ4v) is 5.45. The SMILES string of the molecule is COc1ccc([C@H]2Nc3ccc4ccccc4c3C3=C2C(=O)C[C@@H](c2ccccc2)C3)cc1. The van der Waals surface area contributed by atoms with E-state index in [0.29, 0.717) is 6.42 Å². The molecule has 0 radical (unpaired) electrons. The van der Waals surface area contributed by atoms with Gasteiger partial charge < -0.3 is 10.1 Å². The quantitative estimate of drug-likeness (QED) is 0.383. The Morgan fingerprint density at radius 3 is 2.33 bits per heavy atom. The lowest BCUT2D eigenvalue weighted by Gasteiger charge is -2.37. The Labute approximate surface area is 193 Å². The van der Waals surface area contributed by atoms with Gasteiger partial charge in [-0.15, -0.1) is 0 Å². The predicted molar refractivity (Wildman–Crippen MR) is 134 cm³/mol. The number of carbonyl (C=O) groups is 1. The van der Waals surface area contributed by atoms with E-state index in [2.05, 4.69) is 78.1 Å². The van der Waals surface area contributed by atoms with Crippen molar-refractivity contribution < 1.29 is 9.53 Å². The summed E-state index contributed by atoms with van der Waals surface area (Å²) in [6.07, 6.45) is 1.40. The number of anilines is 1. The largest absolute Gasteiger partial charge is 0.497 e. The topological polar surface area (TPSA) is 38.3 Å². The summed E-state index contributed by atoms with van der Waals surface area (Å²) in [5, 5.41) is 6.10. The van der Waals surface area contributed by atoms with Crippen LogP contribution in [0.5, 0.6) is 5.75 Å². The van der Waals surface area contributed by atoms with Crippen LogP contribution < -0.4 is 10.1 Å². The first-order valence-corrected chi connectivity index (χ1v) is 11.5. The van der Waals surface area contributed by atoms with E-state index in [4.69, 9.17) is 4.74 Å². The Hall–Kier alpha value is -3.85. The van der Waals surface area contributed by atoms with Crippen molar-refractivity contribution in [3.05, 3.63) is 113 Å². The Morgan fingerprint density at radius 1 is 0.788 bits per heavy atom. The number of fused-ring (bicyclic) bond motifs is 4. The summed E-state index contributed by atoms with van der Waals surface area (Å²) in [5.74, 6) is 1.24. The van der Waals surface area contributed by atoms with Gasteiger partial charge in [0.25, 0.3) is 0 Å². The number of Topliss-reactive ketones (excluding diaryl/α,β-unsaturated/α-hetero) is 1. The van der Waals surface area contributed by atoms with Gasteiger partial charge >= 0.3 is 0 Å². The lowest BCUT2D eigenvalue weighted by atomic mass is 9.71. The number of rotatable bonds is 3. The maximum atomic E-state index is 13.7. The highest BCUT2D eigenvalue weighted by Gasteiger charge is 2.38. The molecule has 3 nitrogen and oxygen atoms in total. The third kappa shape index (κ3) is 3.32. The molecule has 6 rings (SSSR count). The van der Waals surface area contributed by atoms with Crippen molar-refractivity contribution in [1.29, 1.82) is 0 Å². The highest BCUT2D eigenvalue weighted by atomic mass is 16.5. The molecule has 0 amide bonds. The van der Waals surface area contributed by atoms with Crippen molar-refractivity contribution in [3.8, 4) is 5.75 Å². The fourth-order valence-electron chi connectivity index (χ4n) is 5.45. The highest BCUT2D eigenvalue weighted by molar-refractivity contribution is 6.13. The molecule has 33 heavy (non-hydrogen) atoms. The second kappa shape index (κ2) is 7.93.